The lowest BCUT2D eigenvalue weighted by atomic mass is 10.0. The molecule has 15 heavy (non-hydrogen) atoms. The minimum absolute atomic E-state index is 0.184. The third kappa shape index (κ3) is 2.49. The molecule has 1 amide bonds. The van der Waals surface area contributed by atoms with Crippen LogP contribution in [0.2, 0.25) is 0 Å². The predicted molar refractivity (Wildman–Crippen MR) is 52.6 cm³/mol. The fourth-order valence-electron chi connectivity index (χ4n) is 1.34. The molecule has 1 unspecified atom stereocenters. The second-order valence-electron chi connectivity index (χ2n) is 3.50. The summed E-state index contributed by atoms with van der Waals surface area (Å²) in [4.78, 5) is 11.4. The molecular formula is C8H11N3O3S. The zero-order valence-corrected chi connectivity index (χ0v) is 8.79. The topological polar surface area (TPSA) is 84.3 Å². The van der Waals surface area contributed by atoms with Gasteiger partial charge in [-0.05, 0) is 0 Å². The van der Waals surface area contributed by atoms with Crippen molar-refractivity contribution in [2.24, 2.45) is 0 Å². The third-order valence-electron chi connectivity index (χ3n) is 2.25. The molecule has 0 aromatic carbocycles. The van der Waals surface area contributed by atoms with Gasteiger partial charge >= 0.3 is 0 Å². The summed E-state index contributed by atoms with van der Waals surface area (Å²) < 4.78 is 12.6. The second-order valence-corrected chi connectivity index (χ2v) is 4.06. The van der Waals surface area contributed by atoms with Crippen molar-refractivity contribution in [2.75, 3.05) is 19.8 Å². The largest absolute Gasteiger partial charge is 0.386 e. The first kappa shape index (κ1) is 10.5. The van der Waals surface area contributed by atoms with Crippen LogP contribution in [0.3, 0.4) is 0 Å². The number of aliphatic hydroxyl groups is 1. The Morgan fingerprint density at radius 3 is 3.27 bits per heavy atom. The van der Waals surface area contributed by atoms with Gasteiger partial charge in [-0.3, -0.25) is 4.79 Å². The Morgan fingerprint density at radius 2 is 2.67 bits per heavy atom. The Bertz CT molecular complexity index is 335. The first-order valence-electron chi connectivity index (χ1n) is 4.55. The highest BCUT2D eigenvalue weighted by atomic mass is 32.1. The SMILES string of the molecule is O=C(NCC1(O)CCOC1)c1cnsn1. The Morgan fingerprint density at radius 1 is 1.80 bits per heavy atom. The molecule has 2 N–H and O–H groups in total. The van der Waals surface area contributed by atoms with Crippen molar-refractivity contribution in [3.05, 3.63) is 11.9 Å². The molecule has 1 aromatic rings. The first-order chi connectivity index (χ1) is 7.20. The molecule has 0 bridgehead atoms. The molecule has 0 spiro atoms. The Hall–Kier alpha value is -1.05. The lowest BCUT2D eigenvalue weighted by molar-refractivity contribution is 0.0264. The van der Waals surface area contributed by atoms with Gasteiger partial charge in [-0.2, -0.15) is 8.75 Å². The highest BCUT2D eigenvalue weighted by Crippen LogP contribution is 2.16. The molecule has 0 saturated carbocycles. The van der Waals surface area contributed by atoms with Gasteiger partial charge in [-0.1, -0.05) is 0 Å². The molecule has 2 rings (SSSR count). The van der Waals surface area contributed by atoms with Crippen LogP contribution in [0.25, 0.3) is 0 Å². The fourth-order valence-corrected chi connectivity index (χ4v) is 1.75. The van der Waals surface area contributed by atoms with Gasteiger partial charge < -0.3 is 15.2 Å². The maximum absolute atomic E-state index is 11.4. The maximum Gasteiger partial charge on any atom is 0.272 e. The lowest BCUT2D eigenvalue weighted by Crippen LogP contribution is -2.43. The van der Waals surface area contributed by atoms with Crippen molar-refractivity contribution in [3.63, 3.8) is 0 Å². The van der Waals surface area contributed by atoms with Gasteiger partial charge in [0, 0.05) is 19.6 Å². The Balaban J connectivity index is 1.85. The number of carbonyl (C=O) groups is 1. The molecular weight excluding hydrogens is 218 g/mol. The van der Waals surface area contributed by atoms with E-state index in [1.165, 1.54) is 6.20 Å². The number of ether oxygens (including phenoxy) is 1. The van der Waals surface area contributed by atoms with Crippen molar-refractivity contribution < 1.29 is 14.6 Å². The highest BCUT2D eigenvalue weighted by molar-refractivity contribution is 6.99. The van der Waals surface area contributed by atoms with Crippen LogP contribution < -0.4 is 5.32 Å². The summed E-state index contributed by atoms with van der Waals surface area (Å²) in [7, 11) is 0. The van der Waals surface area contributed by atoms with Gasteiger partial charge in [0.25, 0.3) is 5.91 Å². The average Bonchev–Trinajstić information content (AvgIpc) is 2.85. The van der Waals surface area contributed by atoms with E-state index < -0.39 is 5.60 Å². The lowest BCUT2D eigenvalue weighted by Gasteiger charge is -2.19. The van der Waals surface area contributed by atoms with Gasteiger partial charge in [0.1, 0.15) is 5.60 Å². The molecule has 0 aliphatic carbocycles. The van der Waals surface area contributed by atoms with E-state index in [4.69, 9.17) is 4.74 Å². The van der Waals surface area contributed by atoms with Crippen LogP contribution in [0.15, 0.2) is 6.20 Å². The van der Waals surface area contributed by atoms with Crippen molar-refractivity contribution in [1.82, 2.24) is 14.1 Å². The molecule has 1 aromatic heterocycles. The number of hydrogen-bond acceptors (Lipinski definition) is 6. The molecule has 1 fully saturated rings. The summed E-state index contributed by atoms with van der Waals surface area (Å²) in [6.07, 6.45) is 1.94. The van der Waals surface area contributed by atoms with Gasteiger partial charge in [-0.15, -0.1) is 0 Å². The summed E-state index contributed by atoms with van der Waals surface area (Å²) in [6, 6.07) is 0. The van der Waals surface area contributed by atoms with Crippen LogP contribution in [0.1, 0.15) is 16.9 Å². The van der Waals surface area contributed by atoms with Crippen LogP contribution in [0.5, 0.6) is 0 Å². The zero-order chi connectivity index (χ0) is 10.7. The van der Waals surface area contributed by atoms with E-state index >= 15 is 0 Å². The maximum atomic E-state index is 11.4. The smallest absolute Gasteiger partial charge is 0.272 e. The quantitative estimate of drug-likeness (QED) is 0.724. The molecule has 1 saturated heterocycles. The van der Waals surface area contributed by atoms with E-state index in [0.29, 0.717) is 13.0 Å². The van der Waals surface area contributed by atoms with Crippen LogP contribution >= 0.6 is 11.7 Å². The number of amides is 1. The first-order valence-corrected chi connectivity index (χ1v) is 5.29. The summed E-state index contributed by atoms with van der Waals surface area (Å²) in [5.74, 6) is -0.316. The third-order valence-corrected chi connectivity index (χ3v) is 2.73. The van der Waals surface area contributed by atoms with Crippen molar-refractivity contribution in [2.45, 2.75) is 12.0 Å². The molecule has 1 aliphatic heterocycles. The van der Waals surface area contributed by atoms with Crippen LogP contribution in [-0.4, -0.2) is 45.1 Å². The highest BCUT2D eigenvalue weighted by Gasteiger charge is 2.32. The van der Waals surface area contributed by atoms with E-state index in [-0.39, 0.29) is 24.8 Å². The van der Waals surface area contributed by atoms with E-state index in [1.54, 1.807) is 0 Å². The monoisotopic (exact) mass is 229 g/mol. The normalized spacial score (nSPS) is 25.4. The molecule has 7 heteroatoms. The van der Waals surface area contributed by atoms with Gasteiger partial charge in [-0.25, -0.2) is 0 Å². The van der Waals surface area contributed by atoms with E-state index in [2.05, 4.69) is 14.1 Å². The standard InChI is InChI=1S/C8H11N3O3S/c12-7(6-3-10-15-11-6)9-4-8(13)1-2-14-5-8/h3,13H,1-2,4-5H2,(H,9,12). The molecule has 1 atom stereocenters. The zero-order valence-electron chi connectivity index (χ0n) is 7.97. The van der Waals surface area contributed by atoms with E-state index in [9.17, 15) is 9.90 Å². The number of rotatable bonds is 3. The van der Waals surface area contributed by atoms with Crippen LogP contribution in [0.4, 0.5) is 0 Å². The molecule has 6 nitrogen and oxygen atoms in total. The fraction of sp³-hybridized carbons (Fsp3) is 0.625. The molecule has 2 heterocycles. The van der Waals surface area contributed by atoms with Crippen molar-refractivity contribution in [1.29, 1.82) is 0 Å². The van der Waals surface area contributed by atoms with E-state index in [0.717, 1.165) is 11.7 Å². The average molecular weight is 229 g/mol. The predicted octanol–water partition coefficient (Wildman–Crippen LogP) is -0.581. The van der Waals surface area contributed by atoms with Crippen molar-refractivity contribution >= 4 is 17.6 Å². The molecule has 0 radical (unpaired) electrons. The number of aromatic nitrogens is 2. The number of hydrogen-bond donors (Lipinski definition) is 2. The number of nitrogens with one attached hydrogen (secondary N) is 1. The van der Waals surface area contributed by atoms with Crippen LogP contribution in [-0.2, 0) is 4.74 Å². The number of nitrogens with zero attached hydrogens (tertiary/aromatic N) is 2. The second kappa shape index (κ2) is 4.21. The molecule has 82 valence electrons. The number of carbonyl (C=O) groups excluding carboxylic acids is 1. The summed E-state index contributed by atoms with van der Waals surface area (Å²) >= 11 is 0.977. The summed E-state index contributed by atoms with van der Waals surface area (Å²) in [6.45, 7) is 0.983. The van der Waals surface area contributed by atoms with Crippen molar-refractivity contribution in [3.8, 4) is 0 Å². The summed E-state index contributed by atoms with van der Waals surface area (Å²) in [5, 5.41) is 12.5. The summed E-state index contributed by atoms with van der Waals surface area (Å²) in [5.41, 5.74) is -0.651. The Labute approximate surface area is 90.6 Å². The minimum atomic E-state index is -0.931. The minimum Gasteiger partial charge on any atom is -0.386 e. The van der Waals surface area contributed by atoms with Crippen LogP contribution in [0, 0.1) is 0 Å². The van der Waals surface area contributed by atoms with E-state index in [1.807, 2.05) is 0 Å². The molecule has 1 aliphatic rings. The van der Waals surface area contributed by atoms with Gasteiger partial charge in [0.2, 0.25) is 0 Å². The Kier molecular flexibility index (Phi) is 2.94. The van der Waals surface area contributed by atoms with Gasteiger partial charge in [0.05, 0.1) is 24.5 Å². The van der Waals surface area contributed by atoms with Gasteiger partial charge in [0.15, 0.2) is 5.69 Å².